The number of hydrogen-bond acceptors (Lipinski definition) is 6. The van der Waals surface area contributed by atoms with Crippen molar-refractivity contribution in [1.29, 1.82) is 0 Å². The van der Waals surface area contributed by atoms with Crippen molar-refractivity contribution in [3.8, 4) is 11.4 Å². The van der Waals surface area contributed by atoms with Crippen LogP contribution in [-0.2, 0) is 21.2 Å². The Kier molecular flexibility index (Phi) is 7.81. The molecule has 1 fully saturated rings. The number of benzene rings is 2. The lowest BCUT2D eigenvalue weighted by Crippen LogP contribution is -2.45. The number of alkyl halides is 3. The molecule has 1 atom stereocenters. The average molecular weight is 643 g/mol. The van der Waals surface area contributed by atoms with Crippen LogP contribution in [0, 0.1) is 0 Å². The highest BCUT2D eigenvalue weighted by Crippen LogP contribution is 2.36. The summed E-state index contributed by atoms with van der Waals surface area (Å²) < 4.78 is 70.8. The number of carbonyl (C=O) groups is 2. The van der Waals surface area contributed by atoms with Crippen LogP contribution < -0.4 is 15.8 Å². The maximum atomic E-state index is 13.4. The van der Waals surface area contributed by atoms with Crippen LogP contribution in [-0.4, -0.2) is 46.3 Å². The summed E-state index contributed by atoms with van der Waals surface area (Å²) in [5.74, 6) is -0.665. The van der Waals surface area contributed by atoms with Crippen LogP contribution in [0.25, 0.3) is 33.3 Å². The van der Waals surface area contributed by atoms with Gasteiger partial charge in [0, 0.05) is 40.8 Å². The molecule has 3 aromatic heterocycles. The molecule has 3 heterocycles. The Morgan fingerprint density at radius 3 is 2.58 bits per heavy atom. The number of H-pyrrole nitrogens is 1. The lowest BCUT2D eigenvalue weighted by molar-refractivity contribution is -0.119. The quantitative estimate of drug-likeness (QED) is 0.169. The van der Waals surface area contributed by atoms with Gasteiger partial charge in [-0.1, -0.05) is 19.3 Å². The van der Waals surface area contributed by atoms with Crippen LogP contribution >= 0.6 is 0 Å². The van der Waals surface area contributed by atoms with Crippen molar-refractivity contribution in [2.45, 2.75) is 56.1 Å². The van der Waals surface area contributed by atoms with E-state index in [1.54, 1.807) is 24.7 Å². The zero-order valence-electron chi connectivity index (χ0n) is 23.7. The molecule has 236 valence electrons. The third-order valence-electron chi connectivity index (χ3n) is 8.07. The molecule has 45 heavy (non-hydrogen) atoms. The summed E-state index contributed by atoms with van der Waals surface area (Å²) in [5, 5.41) is 2.99. The number of nitrogens with one attached hydrogen (secondary N) is 3. The maximum absolute atomic E-state index is 13.4. The van der Waals surface area contributed by atoms with Gasteiger partial charge in [-0.2, -0.15) is 21.6 Å². The molecule has 15 heteroatoms. The standard InChI is InChI=1S/C30H29F3N6O5S/c31-30(32,33)45(42,43)38-20-7-8-23-22(14-20)19(15-35-23)13-25(27(34)40)37-29(41)17-6-9-26-24(12-17)36-28(18-10-11-44-16-18)39(26)21-4-2-1-3-5-21/h6-12,14-16,21,25,35,38H,1-5,13H2,(H2,34,40)(H,37,41)/t25-/m0/s1. The Hall–Kier alpha value is -4.79. The predicted molar refractivity (Wildman–Crippen MR) is 161 cm³/mol. The molecule has 0 unspecified atom stereocenters. The number of anilines is 1. The van der Waals surface area contributed by atoms with Gasteiger partial charge in [0.15, 0.2) is 0 Å². The minimum absolute atomic E-state index is 0.111. The van der Waals surface area contributed by atoms with Gasteiger partial charge in [0.25, 0.3) is 5.91 Å². The second-order valence-corrected chi connectivity index (χ2v) is 12.7. The van der Waals surface area contributed by atoms with E-state index in [1.807, 2.05) is 12.1 Å². The van der Waals surface area contributed by atoms with Gasteiger partial charge in [0.1, 0.15) is 18.1 Å². The number of carbonyl (C=O) groups excluding carboxylic acids is 2. The van der Waals surface area contributed by atoms with Crippen LogP contribution in [0.5, 0.6) is 0 Å². The number of primary amides is 1. The van der Waals surface area contributed by atoms with Crippen molar-refractivity contribution in [3.63, 3.8) is 0 Å². The number of hydrogen-bond donors (Lipinski definition) is 4. The third kappa shape index (κ3) is 5.99. The first-order chi connectivity index (χ1) is 21.4. The van der Waals surface area contributed by atoms with Crippen molar-refractivity contribution < 1.29 is 35.6 Å². The second kappa shape index (κ2) is 11.6. The summed E-state index contributed by atoms with van der Waals surface area (Å²) in [6.45, 7) is 0. The van der Waals surface area contributed by atoms with E-state index in [0.717, 1.165) is 42.6 Å². The van der Waals surface area contributed by atoms with E-state index in [2.05, 4.69) is 14.9 Å². The SMILES string of the molecule is NC(=O)[C@H](Cc1c[nH]c2ccc(NS(=O)(=O)C(F)(F)F)cc12)NC(=O)c1ccc2c(c1)nc(-c1ccoc1)n2C1CCCCC1. The summed E-state index contributed by atoms with van der Waals surface area (Å²) in [5.41, 5.74) is 3.26. The first kappa shape index (κ1) is 30.2. The Morgan fingerprint density at radius 2 is 1.89 bits per heavy atom. The lowest BCUT2D eigenvalue weighted by atomic mass is 9.95. The topological polar surface area (TPSA) is 165 Å². The van der Waals surface area contributed by atoms with E-state index in [9.17, 15) is 31.2 Å². The number of aromatic nitrogens is 3. The van der Waals surface area contributed by atoms with Gasteiger partial charge >= 0.3 is 15.5 Å². The second-order valence-electron chi connectivity index (χ2n) is 11.1. The minimum Gasteiger partial charge on any atom is -0.472 e. The number of amides is 2. The zero-order chi connectivity index (χ0) is 31.9. The minimum atomic E-state index is -5.64. The van der Waals surface area contributed by atoms with Crippen LogP contribution in [0.15, 0.2) is 65.6 Å². The summed E-state index contributed by atoms with van der Waals surface area (Å²) in [6, 6.07) is 9.81. The van der Waals surface area contributed by atoms with E-state index >= 15 is 0 Å². The van der Waals surface area contributed by atoms with Crippen molar-refractivity contribution in [2.24, 2.45) is 5.73 Å². The molecule has 0 bridgehead atoms. The molecular formula is C30H29F3N6O5S. The Bertz CT molecular complexity index is 1990. The molecule has 5 N–H and O–H groups in total. The van der Waals surface area contributed by atoms with Gasteiger partial charge in [-0.3, -0.25) is 14.3 Å². The highest BCUT2D eigenvalue weighted by Gasteiger charge is 2.46. The number of aromatic amines is 1. The molecule has 1 aliphatic carbocycles. The van der Waals surface area contributed by atoms with Crippen molar-refractivity contribution in [1.82, 2.24) is 19.9 Å². The molecule has 0 radical (unpaired) electrons. The summed E-state index contributed by atoms with van der Waals surface area (Å²) >= 11 is 0. The molecule has 0 saturated heterocycles. The van der Waals surface area contributed by atoms with Gasteiger partial charge in [0.2, 0.25) is 5.91 Å². The Labute approximate surface area is 255 Å². The number of nitrogens with two attached hydrogens (primary N) is 1. The molecule has 5 aromatic rings. The fourth-order valence-electron chi connectivity index (χ4n) is 5.85. The molecule has 2 amide bonds. The first-order valence-electron chi connectivity index (χ1n) is 14.2. The van der Waals surface area contributed by atoms with Crippen molar-refractivity contribution in [3.05, 3.63) is 72.3 Å². The van der Waals surface area contributed by atoms with Crippen LogP contribution in [0.4, 0.5) is 18.9 Å². The van der Waals surface area contributed by atoms with Gasteiger partial charge in [-0.25, -0.2) is 4.98 Å². The van der Waals surface area contributed by atoms with Crippen molar-refractivity contribution in [2.75, 3.05) is 4.72 Å². The predicted octanol–water partition coefficient (Wildman–Crippen LogP) is 5.37. The normalized spacial score (nSPS) is 15.4. The summed E-state index contributed by atoms with van der Waals surface area (Å²) in [4.78, 5) is 33.5. The van der Waals surface area contributed by atoms with Gasteiger partial charge in [-0.05, 0) is 60.9 Å². The molecule has 6 rings (SSSR count). The monoisotopic (exact) mass is 642 g/mol. The van der Waals surface area contributed by atoms with Gasteiger partial charge in [0.05, 0.1) is 22.9 Å². The van der Waals surface area contributed by atoms with Crippen LogP contribution in [0.1, 0.15) is 54.1 Å². The smallest absolute Gasteiger partial charge is 0.472 e. The number of imidazole rings is 1. The molecular weight excluding hydrogens is 613 g/mol. The third-order valence-corrected chi connectivity index (χ3v) is 9.18. The van der Waals surface area contributed by atoms with E-state index in [0.29, 0.717) is 22.0 Å². The number of fused-ring (bicyclic) bond motifs is 2. The molecule has 0 spiro atoms. The number of rotatable bonds is 9. The fourth-order valence-corrected chi connectivity index (χ4v) is 6.41. The summed E-state index contributed by atoms with van der Waals surface area (Å²) in [7, 11) is -5.64. The first-order valence-corrected chi connectivity index (χ1v) is 15.7. The van der Waals surface area contributed by atoms with Gasteiger partial charge < -0.3 is 25.0 Å². The number of sulfonamides is 1. The number of nitrogens with zero attached hydrogens (tertiary/aromatic N) is 2. The van der Waals surface area contributed by atoms with E-state index < -0.39 is 33.4 Å². The number of furan rings is 1. The molecule has 2 aromatic carbocycles. The average Bonchev–Trinajstić information content (AvgIpc) is 3.75. The highest BCUT2D eigenvalue weighted by molar-refractivity contribution is 7.93. The van der Waals surface area contributed by atoms with Crippen molar-refractivity contribution >= 4 is 49.5 Å². The van der Waals surface area contributed by atoms with Gasteiger partial charge in [-0.15, -0.1) is 0 Å². The molecule has 1 aliphatic rings. The molecule has 11 nitrogen and oxygen atoms in total. The van der Waals surface area contributed by atoms with E-state index in [1.165, 1.54) is 35.5 Å². The molecule has 1 saturated carbocycles. The summed E-state index contributed by atoms with van der Waals surface area (Å²) in [6.07, 6.45) is 10.1. The van der Waals surface area contributed by atoms with Crippen LogP contribution in [0.3, 0.4) is 0 Å². The maximum Gasteiger partial charge on any atom is 0.516 e. The van der Waals surface area contributed by atoms with E-state index in [4.69, 9.17) is 15.1 Å². The number of halogens is 3. The fraction of sp³-hybridized carbons (Fsp3) is 0.300. The largest absolute Gasteiger partial charge is 0.516 e. The Morgan fingerprint density at radius 1 is 1.11 bits per heavy atom. The van der Waals surface area contributed by atoms with Crippen LogP contribution in [0.2, 0.25) is 0 Å². The molecule has 0 aliphatic heterocycles. The Balaban J connectivity index is 1.25. The van der Waals surface area contributed by atoms with E-state index in [-0.39, 0.29) is 23.7 Å². The zero-order valence-corrected chi connectivity index (χ0v) is 24.5. The highest BCUT2D eigenvalue weighted by atomic mass is 32.2. The lowest BCUT2D eigenvalue weighted by Gasteiger charge is -2.25.